The van der Waals surface area contributed by atoms with Crippen molar-refractivity contribution in [2.75, 3.05) is 19.8 Å². The van der Waals surface area contributed by atoms with Gasteiger partial charge >= 0.3 is 0 Å². The van der Waals surface area contributed by atoms with Crippen LogP contribution in [0.2, 0.25) is 0 Å². The number of nitrogens with one attached hydrogen (secondary N) is 1. The lowest BCUT2D eigenvalue weighted by molar-refractivity contribution is 0.104. The quantitative estimate of drug-likeness (QED) is 0.720. The fourth-order valence-electron chi connectivity index (χ4n) is 2.07. The van der Waals surface area contributed by atoms with Crippen molar-refractivity contribution in [3.8, 4) is 5.75 Å². The van der Waals surface area contributed by atoms with Crippen LogP contribution in [0.5, 0.6) is 5.75 Å². The lowest BCUT2D eigenvalue weighted by Gasteiger charge is -2.19. The Morgan fingerprint density at radius 2 is 2.12 bits per heavy atom. The van der Waals surface area contributed by atoms with Gasteiger partial charge in [0.15, 0.2) is 0 Å². The zero-order chi connectivity index (χ0) is 12.1. The Balaban J connectivity index is 1.89. The molecule has 2 rings (SSSR count). The molecule has 1 saturated heterocycles. The van der Waals surface area contributed by atoms with Crippen molar-refractivity contribution in [1.82, 2.24) is 5.32 Å². The van der Waals surface area contributed by atoms with Crippen molar-refractivity contribution < 1.29 is 14.9 Å². The molecule has 1 aromatic carbocycles. The van der Waals surface area contributed by atoms with Crippen LogP contribution in [0.15, 0.2) is 24.3 Å². The average molecular weight is 237 g/mol. The van der Waals surface area contributed by atoms with Gasteiger partial charge in [-0.05, 0) is 30.5 Å². The molecule has 2 atom stereocenters. The summed E-state index contributed by atoms with van der Waals surface area (Å²) >= 11 is 0. The van der Waals surface area contributed by atoms with Crippen LogP contribution in [0, 0.1) is 0 Å². The molecule has 94 valence electrons. The van der Waals surface area contributed by atoms with E-state index in [2.05, 4.69) is 5.32 Å². The first-order valence-electron chi connectivity index (χ1n) is 6.04. The Labute approximate surface area is 101 Å². The number of benzene rings is 1. The first-order valence-corrected chi connectivity index (χ1v) is 6.04. The van der Waals surface area contributed by atoms with Crippen LogP contribution >= 0.6 is 0 Å². The van der Waals surface area contributed by atoms with Crippen LogP contribution in [-0.2, 0) is 4.74 Å². The van der Waals surface area contributed by atoms with Crippen molar-refractivity contribution in [3.05, 3.63) is 29.8 Å². The number of aliphatic hydroxyl groups excluding tert-OH is 1. The normalized spacial score (nSPS) is 21.6. The molecule has 1 heterocycles. The SMILES string of the molecule is OCC(NCC1CCCO1)c1ccc(O)cc1. The molecule has 0 bridgehead atoms. The van der Waals surface area contributed by atoms with E-state index in [9.17, 15) is 10.2 Å². The summed E-state index contributed by atoms with van der Waals surface area (Å²) in [5.74, 6) is 0.240. The molecule has 1 fully saturated rings. The van der Waals surface area contributed by atoms with Crippen LogP contribution in [0.3, 0.4) is 0 Å². The van der Waals surface area contributed by atoms with E-state index in [1.165, 1.54) is 0 Å². The predicted octanol–water partition coefficient (Wildman–Crippen LogP) is 1.19. The van der Waals surface area contributed by atoms with Gasteiger partial charge in [-0.25, -0.2) is 0 Å². The highest BCUT2D eigenvalue weighted by Crippen LogP contribution is 2.17. The van der Waals surface area contributed by atoms with Crippen molar-refractivity contribution in [2.24, 2.45) is 0 Å². The average Bonchev–Trinajstić information content (AvgIpc) is 2.85. The number of aliphatic hydroxyl groups is 1. The van der Waals surface area contributed by atoms with E-state index in [0.717, 1.165) is 31.6 Å². The van der Waals surface area contributed by atoms with E-state index in [-0.39, 0.29) is 24.5 Å². The molecule has 17 heavy (non-hydrogen) atoms. The number of phenols is 1. The van der Waals surface area contributed by atoms with Crippen molar-refractivity contribution in [1.29, 1.82) is 0 Å². The summed E-state index contributed by atoms with van der Waals surface area (Å²) in [6.45, 7) is 1.64. The second-order valence-corrected chi connectivity index (χ2v) is 4.37. The smallest absolute Gasteiger partial charge is 0.115 e. The van der Waals surface area contributed by atoms with Crippen LogP contribution in [-0.4, -0.2) is 36.1 Å². The van der Waals surface area contributed by atoms with Gasteiger partial charge < -0.3 is 20.3 Å². The number of hydrogen-bond acceptors (Lipinski definition) is 4. The monoisotopic (exact) mass is 237 g/mol. The second-order valence-electron chi connectivity index (χ2n) is 4.37. The van der Waals surface area contributed by atoms with Gasteiger partial charge in [0.1, 0.15) is 5.75 Å². The van der Waals surface area contributed by atoms with Gasteiger partial charge in [-0.3, -0.25) is 0 Å². The number of phenolic OH excluding ortho intramolecular Hbond substituents is 1. The molecule has 0 spiro atoms. The Bertz CT molecular complexity index is 333. The maximum absolute atomic E-state index is 9.36. The predicted molar refractivity (Wildman–Crippen MR) is 64.9 cm³/mol. The third-order valence-corrected chi connectivity index (χ3v) is 3.09. The van der Waals surface area contributed by atoms with Crippen molar-refractivity contribution in [3.63, 3.8) is 0 Å². The van der Waals surface area contributed by atoms with Gasteiger partial charge in [0.2, 0.25) is 0 Å². The van der Waals surface area contributed by atoms with Crippen LogP contribution in [0.25, 0.3) is 0 Å². The Morgan fingerprint density at radius 1 is 1.35 bits per heavy atom. The highest BCUT2D eigenvalue weighted by molar-refractivity contribution is 5.28. The fraction of sp³-hybridized carbons (Fsp3) is 0.538. The zero-order valence-corrected chi connectivity index (χ0v) is 9.80. The van der Waals surface area contributed by atoms with Crippen LogP contribution in [0.1, 0.15) is 24.4 Å². The topological polar surface area (TPSA) is 61.7 Å². The summed E-state index contributed by atoms with van der Waals surface area (Å²) in [5, 5.41) is 21.9. The van der Waals surface area contributed by atoms with E-state index in [1.807, 2.05) is 12.1 Å². The first-order chi connectivity index (χ1) is 8.29. The number of aromatic hydroxyl groups is 1. The van der Waals surface area contributed by atoms with Gasteiger partial charge in [0.25, 0.3) is 0 Å². The molecule has 0 amide bonds. The maximum atomic E-state index is 9.36. The van der Waals surface area contributed by atoms with Gasteiger partial charge in [-0.1, -0.05) is 12.1 Å². The van der Waals surface area contributed by atoms with E-state index in [4.69, 9.17) is 4.74 Å². The molecule has 0 aromatic heterocycles. The molecular formula is C13H19NO3. The molecule has 4 heteroatoms. The summed E-state index contributed by atoms with van der Waals surface area (Å²) in [4.78, 5) is 0. The molecule has 1 aromatic rings. The van der Waals surface area contributed by atoms with Gasteiger partial charge in [0.05, 0.1) is 18.8 Å². The molecule has 0 radical (unpaired) electrons. The van der Waals surface area contributed by atoms with Crippen LogP contribution in [0.4, 0.5) is 0 Å². The number of hydrogen-bond donors (Lipinski definition) is 3. The molecule has 4 nitrogen and oxygen atoms in total. The summed E-state index contributed by atoms with van der Waals surface area (Å²) in [5.41, 5.74) is 0.975. The van der Waals surface area contributed by atoms with E-state index in [1.54, 1.807) is 12.1 Å². The van der Waals surface area contributed by atoms with Crippen LogP contribution < -0.4 is 5.32 Å². The highest BCUT2D eigenvalue weighted by atomic mass is 16.5. The molecule has 1 aliphatic heterocycles. The summed E-state index contributed by atoms with van der Waals surface area (Å²) in [6, 6.07) is 6.80. The first kappa shape index (κ1) is 12.4. The minimum Gasteiger partial charge on any atom is -0.508 e. The Kier molecular flexibility index (Phi) is 4.36. The minimum atomic E-state index is -0.0974. The van der Waals surface area contributed by atoms with Gasteiger partial charge in [-0.2, -0.15) is 0 Å². The third kappa shape index (κ3) is 3.43. The van der Waals surface area contributed by atoms with Crippen molar-refractivity contribution >= 4 is 0 Å². The largest absolute Gasteiger partial charge is 0.508 e. The number of rotatable bonds is 5. The second kappa shape index (κ2) is 6.00. The summed E-state index contributed by atoms with van der Waals surface area (Å²) < 4.78 is 5.52. The molecule has 1 aliphatic rings. The highest BCUT2D eigenvalue weighted by Gasteiger charge is 2.17. The molecular weight excluding hydrogens is 218 g/mol. The zero-order valence-electron chi connectivity index (χ0n) is 9.80. The lowest BCUT2D eigenvalue weighted by atomic mass is 10.1. The molecule has 0 aliphatic carbocycles. The van der Waals surface area contributed by atoms with E-state index >= 15 is 0 Å². The fourth-order valence-corrected chi connectivity index (χ4v) is 2.07. The Morgan fingerprint density at radius 3 is 2.71 bits per heavy atom. The van der Waals surface area contributed by atoms with Gasteiger partial charge in [-0.15, -0.1) is 0 Å². The maximum Gasteiger partial charge on any atom is 0.115 e. The molecule has 3 N–H and O–H groups in total. The third-order valence-electron chi connectivity index (χ3n) is 3.09. The lowest BCUT2D eigenvalue weighted by Crippen LogP contribution is -2.31. The Hall–Kier alpha value is -1.10. The molecule has 0 saturated carbocycles. The minimum absolute atomic E-state index is 0.0392. The summed E-state index contributed by atoms with van der Waals surface area (Å²) in [7, 11) is 0. The van der Waals surface area contributed by atoms with Gasteiger partial charge in [0, 0.05) is 13.2 Å². The number of ether oxygens (including phenoxy) is 1. The van der Waals surface area contributed by atoms with E-state index < -0.39 is 0 Å². The summed E-state index contributed by atoms with van der Waals surface area (Å²) in [6.07, 6.45) is 2.47. The standard InChI is InChI=1S/C13H19NO3/c15-9-13(10-3-5-11(16)6-4-10)14-8-12-2-1-7-17-12/h3-6,12-16H,1-2,7-9H2. The molecule has 2 unspecified atom stereocenters. The van der Waals surface area contributed by atoms with E-state index in [0.29, 0.717) is 0 Å². The van der Waals surface area contributed by atoms with Crippen molar-refractivity contribution in [2.45, 2.75) is 25.0 Å².